The van der Waals surface area contributed by atoms with E-state index >= 15 is 0 Å². The Balaban J connectivity index is 2.13. The second kappa shape index (κ2) is 4.69. The number of rotatable bonds is 3. The molecule has 0 saturated heterocycles. The minimum atomic E-state index is 0.166. The minimum Gasteiger partial charge on any atom is -0.485 e. The first kappa shape index (κ1) is 11.7. The highest BCUT2D eigenvalue weighted by Gasteiger charge is 2.23. The first-order valence-corrected chi connectivity index (χ1v) is 5.74. The van der Waals surface area contributed by atoms with E-state index in [-0.39, 0.29) is 6.54 Å². The van der Waals surface area contributed by atoms with E-state index in [4.69, 9.17) is 19.7 Å². The number of hydrogen-bond donors (Lipinski definition) is 1. The SMILES string of the molecule is NCc1nc(-c2ccc(C=O)c3c2OCCO3)no1. The zero-order chi connectivity index (χ0) is 13.2. The third-order valence-electron chi connectivity index (χ3n) is 2.73. The molecule has 0 atom stereocenters. The molecule has 0 fully saturated rings. The van der Waals surface area contributed by atoms with Gasteiger partial charge in [-0.3, -0.25) is 4.79 Å². The van der Waals surface area contributed by atoms with E-state index in [1.165, 1.54) is 0 Å². The average Bonchev–Trinajstić information content (AvgIpc) is 2.95. The Labute approximate surface area is 108 Å². The van der Waals surface area contributed by atoms with Gasteiger partial charge in [-0.25, -0.2) is 0 Å². The summed E-state index contributed by atoms with van der Waals surface area (Å²) in [6, 6.07) is 3.33. The van der Waals surface area contributed by atoms with Gasteiger partial charge in [-0.15, -0.1) is 0 Å². The van der Waals surface area contributed by atoms with E-state index in [0.29, 0.717) is 47.6 Å². The van der Waals surface area contributed by atoms with E-state index in [1.807, 2.05) is 0 Å². The molecule has 7 nitrogen and oxygen atoms in total. The largest absolute Gasteiger partial charge is 0.485 e. The van der Waals surface area contributed by atoms with Crippen molar-refractivity contribution in [1.82, 2.24) is 10.1 Å². The molecule has 3 rings (SSSR count). The number of carbonyl (C=O) groups is 1. The van der Waals surface area contributed by atoms with Crippen LogP contribution in [0.5, 0.6) is 11.5 Å². The Bertz CT molecular complexity index is 623. The molecule has 2 heterocycles. The van der Waals surface area contributed by atoms with Gasteiger partial charge in [0.05, 0.1) is 17.7 Å². The number of fused-ring (bicyclic) bond motifs is 1. The Morgan fingerprint density at radius 1 is 1.26 bits per heavy atom. The summed E-state index contributed by atoms with van der Waals surface area (Å²) in [5.74, 6) is 1.57. The lowest BCUT2D eigenvalue weighted by Crippen LogP contribution is -2.17. The van der Waals surface area contributed by atoms with E-state index in [2.05, 4.69) is 10.1 Å². The van der Waals surface area contributed by atoms with Crippen LogP contribution in [-0.4, -0.2) is 29.6 Å². The lowest BCUT2D eigenvalue weighted by molar-refractivity contribution is 0.111. The Morgan fingerprint density at radius 3 is 2.74 bits per heavy atom. The van der Waals surface area contributed by atoms with Gasteiger partial charge in [0, 0.05) is 0 Å². The molecular formula is C12H11N3O4. The van der Waals surface area contributed by atoms with Crippen LogP contribution in [0.15, 0.2) is 16.7 Å². The highest BCUT2D eigenvalue weighted by atomic mass is 16.6. The van der Waals surface area contributed by atoms with Crippen LogP contribution in [0.25, 0.3) is 11.4 Å². The molecule has 98 valence electrons. The maximum atomic E-state index is 11.0. The van der Waals surface area contributed by atoms with E-state index < -0.39 is 0 Å². The van der Waals surface area contributed by atoms with Gasteiger partial charge in [-0.05, 0) is 12.1 Å². The summed E-state index contributed by atoms with van der Waals surface area (Å²) in [5, 5.41) is 3.83. The molecule has 0 saturated carbocycles. The predicted octanol–water partition coefficient (Wildman–Crippen LogP) is 0.779. The summed E-state index contributed by atoms with van der Waals surface area (Å²) >= 11 is 0. The van der Waals surface area contributed by atoms with Crippen molar-refractivity contribution in [1.29, 1.82) is 0 Å². The molecule has 2 aromatic rings. The highest BCUT2D eigenvalue weighted by Crippen LogP contribution is 2.40. The van der Waals surface area contributed by atoms with Gasteiger partial charge >= 0.3 is 0 Å². The minimum absolute atomic E-state index is 0.166. The van der Waals surface area contributed by atoms with Crippen molar-refractivity contribution < 1.29 is 18.8 Å². The van der Waals surface area contributed by atoms with Crippen LogP contribution in [0, 0.1) is 0 Å². The van der Waals surface area contributed by atoms with Crippen molar-refractivity contribution >= 4 is 6.29 Å². The van der Waals surface area contributed by atoms with Crippen LogP contribution in [-0.2, 0) is 6.54 Å². The molecule has 0 radical (unpaired) electrons. The number of nitrogens with zero attached hydrogens (tertiary/aromatic N) is 2. The summed E-state index contributed by atoms with van der Waals surface area (Å²) in [7, 11) is 0. The number of carbonyl (C=O) groups excluding carboxylic acids is 1. The molecule has 2 N–H and O–H groups in total. The maximum absolute atomic E-state index is 11.0. The lowest BCUT2D eigenvalue weighted by Gasteiger charge is -2.21. The number of nitrogens with two attached hydrogens (primary N) is 1. The summed E-state index contributed by atoms with van der Waals surface area (Å²) < 4.78 is 16.0. The van der Waals surface area contributed by atoms with Crippen molar-refractivity contribution in [3.8, 4) is 22.9 Å². The average molecular weight is 261 g/mol. The monoisotopic (exact) mass is 261 g/mol. The lowest BCUT2D eigenvalue weighted by atomic mass is 10.1. The van der Waals surface area contributed by atoms with Crippen LogP contribution in [0.4, 0.5) is 0 Å². The molecule has 1 aromatic carbocycles. The van der Waals surface area contributed by atoms with Crippen molar-refractivity contribution in [3.05, 3.63) is 23.6 Å². The molecule has 1 aliphatic heterocycles. The van der Waals surface area contributed by atoms with Crippen LogP contribution in [0.1, 0.15) is 16.2 Å². The zero-order valence-electron chi connectivity index (χ0n) is 9.96. The molecule has 1 aliphatic rings. The summed E-state index contributed by atoms with van der Waals surface area (Å²) in [6.45, 7) is 0.973. The van der Waals surface area contributed by atoms with E-state index in [1.54, 1.807) is 12.1 Å². The van der Waals surface area contributed by atoms with Crippen LogP contribution < -0.4 is 15.2 Å². The molecule has 0 amide bonds. The van der Waals surface area contributed by atoms with Crippen LogP contribution in [0.3, 0.4) is 0 Å². The van der Waals surface area contributed by atoms with Gasteiger partial charge in [0.15, 0.2) is 17.8 Å². The predicted molar refractivity (Wildman–Crippen MR) is 64.0 cm³/mol. The second-order valence-electron chi connectivity index (χ2n) is 3.89. The first-order valence-electron chi connectivity index (χ1n) is 5.74. The summed E-state index contributed by atoms with van der Waals surface area (Å²) in [4.78, 5) is 15.1. The standard InChI is InChI=1S/C12H11N3O4/c13-5-9-14-12(15-19-9)8-2-1-7(6-16)10-11(8)18-4-3-17-10/h1-2,6H,3-5,13H2. The van der Waals surface area contributed by atoms with Gasteiger partial charge in [0.25, 0.3) is 0 Å². The maximum Gasteiger partial charge on any atom is 0.240 e. The summed E-state index contributed by atoms with van der Waals surface area (Å²) in [6.07, 6.45) is 0.721. The molecule has 0 unspecified atom stereocenters. The quantitative estimate of drug-likeness (QED) is 0.814. The molecule has 1 aromatic heterocycles. The fourth-order valence-electron chi connectivity index (χ4n) is 1.87. The van der Waals surface area contributed by atoms with E-state index in [9.17, 15) is 4.79 Å². The topological polar surface area (TPSA) is 100 Å². The highest BCUT2D eigenvalue weighted by molar-refractivity contribution is 5.85. The Kier molecular flexibility index (Phi) is 2.88. The number of benzene rings is 1. The molecule has 19 heavy (non-hydrogen) atoms. The second-order valence-corrected chi connectivity index (χ2v) is 3.89. The number of hydrogen-bond acceptors (Lipinski definition) is 7. The number of aromatic nitrogens is 2. The van der Waals surface area contributed by atoms with Gasteiger partial charge in [0.2, 0.25) is 11.7 Å². The normalized spacial score (nSPS) is 13.3. The van der Waals surface area contributed by atoms with Crippen molar-refractivity contribution in [2.24, 2.45) is 5.73 Å². The van der Waals surface area contributed by atoms with Gasteiger partial charge in [-0.1, -0.05) is 5.16 Å². The van der Waals surface area contributed by atoms with E-state index in [0.717, 1.165) is 6.29 Å². The molecule has 0 aliphatic carbocycles. The first-order chi connectivity index (χ1) is 9.33. The third kappa shape index (κ3) is 1.93. The Morgan fingerprint density at radius 2 is 2.05 bits per heavy atom. The smallest absolute Gasteiger partial charge is 0.240 e. The van der Waals surface area contributed by atoms with Crippen molar-refractivity contribution in [2.45, 2.75) is 6.54 Å². The third-order valence-corrected chi connectivity index (χ3v) is 2.73. The summed E-state index contributed by atoms with van der Waals surface area (Å²) in [5.41, 5.74) is 6.47. The zero-order valence-corrected chi connectivity index (χ0v) is 9.96. The van der Waals surface area contributed by atoms with Crippen LogP contribution >= 0.6 is 0 Å². The van der Waals surface area contributed by atoms with Crippen LogP contribution in [0.2, 0.25) is 0 Å². The Hall–Kier alpha value is -2.41. The molecular weight excluding hydrogens is 250 g/mol. The fraction of sp³-hybridized carbons (Fsp3) is 0.250. The molecule has 0 spiro atoms. The number of aldehydes is 1. The van der Waals surface area contributed by atoms with Gasteiger partial charge in [0.1, 0.15) is 13.2 Å². The van der Waals surface area contributed by atoms with Gasteiger partial charge < -0.3 is 19.7 Å². The molecule has 0 bridgehead atoms. The fourth-order valence-corrected chi connectivity index (χ4v) is 1.87. The number of ether oxygens (including phenoxy) is 2. The molecule has 7 heteroatoms. The van der Waals surface area contributed by atoms with Crippen molar-refractivity contribution in [3.63, 3.8) is 0 Å². The van der Waals surface area contributed by atoms with Crippen molar-refractivity contribution in [2.75, 3.05) is 13.2 Å². The van der Waals surface area contributed by atoms with Gasteiger partial charge in [-0.2, -0.15) is 4.98 Å².